The van der Waals surface area contributed by atoms with Crippen LogP contribution in [0.25, 0.3) is 0 Å². The van der Waals surface area contributed by atoms with Crippen molar-refractivity contribution in [1.29, 1.82) is 5.41 Å². The van der Waals surface area contributed by atoms with Crippen LogP contribution in [0.1, 0.15) is 11.1 Å². The first-order valence-electron chi connectivity index (χ1n) is 5.45. The number of ether oxygens (including phenoxy) is 1. The quantitative estimate of drug-likeness (QED) is 0.668. The van der Waals surface area contributed by atoms with E-state index >= 15 is 0 Å². The minimum Gasteiger partial charge on any atom is -0.457 e. The minimum atomic E-state index is 0.0632. The van der Waals surface area contributed by atoms with Gasteiger partial charge in [0.15, 0.2) is 0 Å². The lowest BCUT2D eigenvalue weighted by Crippen LogP contribution is -2.11. The number of nitrogens with two attached hydrogens (primary N) is 1. The van der Waals surface area contributed by atoms with E-state index in [1.165, 1.54) is 0 Å². The smallest absolute Gasteiger partial charge is 0.130 e. The normalized spacial score (nSPS) is 10.1. The van der Waals surface area contributed by atoms with E-state index in [1.54, 1.807) is 6.07 Å². The van der Waals surface area contributed by atoms with Crippen LogP contribution in [-0.4, -0.2) is 5.84 Å². The number of aryl methyl sites for hydroxylation is 1. The molecule has 0 aromatic heterocycles. The van der Waals surface area contributed by atoms with Gasteiger partial charge in [-0.3, -0.25) is 5.41 Å². The second kappa shape index (κ2) is 5.23. The van der Waals surface area contributed by atoms with Crippen molar-refractivity contribution in [2.75, 3.05) is 0 Å². The molecule has 2 aromatic rings. The van der Waals surface area contributed by atoms with Gasteiger partial charge in [0.2, 0.25) is 0 Å². The Balaban J connectivity index is 2.24. The van der Waals surface area contributed by atoms with Gasteiger partial charge < -0.3 is 10.5 Å². The number of halogens is 1. The van der Waals surface area contributed by atoms with Gasteiger partial charge in [-0.1, -0.05) is 15.9 Å². The maximum Gasteiger partial charge on any atom is 0.130 e. The van der Waals surface area contributed by atoms with Gasteiger partial charge in [-0.15, -0.1) is 0 Å². The number of hydrogen-bond acceptors (Lipinski definition) is 2. The number of benzene rings is 2. The predicted molar refractivity (Wildman–Crippen MR) is 76.4 cm³/mol. The van der Waals surface area contributed by atoms with Crippen molar-refractivity contribution in [1.82, 2.24) is 0 Å². The van der Waals surface area contributed by atoms with E-state index in [4.69, 9.17) is 15.9 Å². The van der Waals surface area contributed by atoms with Gasteiger partial charge in [0, 0.05) is 10.0 Å². The van der Waals surface area contributed by atoms with Crippen LogP contribution in [-0.2, 0) is 0 Å². The molecule has 2 aromatic carbocycles. The number of nitrogens with one attached hydrogen (secondary N) is 1. The lowest BCUT2D eigenvalue weighted by atomic mass is 10.1. The molecule has 2 rings (SSSR count). The van der Waals surface area contributed by atoms with Crippen LogP contribution in [0.4, 0.5) is 0 Å². The first kappa shape index (κ1) is 12.6. The number of nitrogen functional groups attached to an aromatic ring is 1. The second-order valence-corrected chi connectivity index (χ2v) is 4.87. The molecule has 0 heterocycles. The van der Waals surface area contributed by atoms with E-state index in [0.717, 1.165) is 21.5 Å². The monoisotopic (exact) mass is 304 g/mol. The highest BCUT2D eigenvalue weighted by atomic mass is 79.9. The number of amidine groups is 1. The first-order chi connectivity index (χ1) is 8.56. The molecule has 3 N–H and O–H groups in total. The third kappa shape index (κ3) is 2.90. The highest BCUT2D eigenvalue weighted by molar-refractivity contribution is 9.10. The fraction of sp³-hybridized carbons (Fsp3) is 0.0714. The van der Waals surface area contributed by atoms with Crippen LogP contribution in [0.3, 0.4) is 0 Å². The van der Waals surface area contributed by atoms with Gasteiger partial charge in [-0.2, -0.15) is 0 Å². The highest BCUT2D eigenvalue weighted by Gasteiger charge is 2.04. The Labute approximate surface area is 114 Å². The molecule has 0 bridgehead atoms. The molecule has 0 atom stereocenters. The summed E-state index contributed by atoms with van der Waals surface area (Å²) in [6.45, 7) is 1.93. The van der Waals surface area contributed by atoms with Gasteiger partial charge in [-0.05, 0) is 55.0 Å². The van der Waals surface area contributed by atoms with E-state index in [-0.39, 0.29) is 5.84 Å². The minimum absolute atomic E-state index is 0.0632. The third-order valence-corrected chi connectivity index (χ3v) is 3.06. The Morgan fingerprint density at radius 3 is 2.39 bits per heavy atom. The molecule has 3 nitrogen and oxygen atoms in total. The molecular formula is C14H13BrN2O. The van der Waals surface area contributed by atoms with E-state index in [9.17, 15) is 0 Å². The molecule has 0 aliphatic carbocycles. The molecule has 0 radical (unpaired) electrons. The van der Waals surface area contributed by atoms with Crippen LogP contribution < -0.4 is 10.5 Å². The molecule has 92 valence electrons. The van der Waals surface area contributed by atoms with Crippen molar-refractivity contribution in [3.63, 3.8) is 0 Å². The van der Waals surface area contributed by atoms with Crippen molar-refractivity contribution in [2.45, 2.75) is 6.92 Å². The summed E-state index contributed by atoms with van der Waals surface area (Å²) in [5, 5.41) is 7.38. The van der Waals surface area contributed by atoms with Crippen molar-refractivity contribution in [3.8, 4) is 11.5 Å². The fourth-order valence-electron chi connectivity index (χ4n) is 1.56. The van der Waals surface area contributed by atoms with Crippen molar-refractivity contribution >= 4 is 21.8 Å². The summed E-state index contributed by atoms with van der Waals surface area (Å²) in [6.07, 6.45) is 0. The number of rotatable bonds is 3. The third-order valence-electron chi connectivity index (χ3n) is 2.53. The molecular weight excluding hydrogens is 292 g/mol. The zero-order chi connectivity index (χ0) is 13.1. The second-order valence-electron chi connectivity index (χ2n) is 3.95. The molecule has 0 fully saturated rings. The summed E-state index contributed by atoms with van der Waals surface area (Å²) in [6, 6.07) is 13.1. The van der Waals surface area contributed by atoms with Gasteiger partial charge >= 0.3 is 0 Å². The molecule has 0 spiro atoms. The summed E-state index contributed by atoms with van der Waals surface area (Å²) >= 11 is 3.38. The van der Waals surface area contributed by atoms with Gasteiger partial charge in [-0.25, -0.2) is 0 Å². The fourth-order valence-corrected chi connectivity index (χ4v) is 1.83. The van der Waals surface area contributed by atoms with Gasteiger partial charge in [0.05, 0.1) is 0 Å². The van der Waals surface area contributed by atoms with Crippen LogP contribution in [0, 0.1) is 12.3 Å². The maximum absolute atomic E-state index is 7.38. The standard InChI is InChI=1S/C14H13BrN2O/c1-9-8-10(14(16)17)2-7-13(9)18-12-5-3-11(15)4-6-12/h2-8H,1H3,(H3,16,17). The summed E-state index contributed by atoms with van der Waals surface area (Å²) in [4.78, 5) is 0. The lowest BCUT2D eigenvalue weighted by Gasteiger charge is -2.10. The van der Waals surface area contributed by atoms with Crippen molar-refractivity contribution in [3.05, 3.63) is 58.1 Å². The van der Waals surface area contributed by atoms with Crippen molar-refractivity contribution < 1.29 is 4.74 Å². The summed E-state index contributed by atoms with van der Waals surface area (Å²) in [7, 11) is 0. The van der Waals surface area contributed by atoms with Crippen molar-refractivity contribution in [2.24, 2.45) is 5.73 Å². The maximum atomic E-state index is 7.38. The Hall–Kier alpha value is -1.81. The summed E-state index contributed by atoms with van der Waals surface area (Å²) in [5.74, 6) is 1.60. The lowest BCUT2D eigenvalue weighted by molar-refractivity contribution is 0.479. The zero-order valence-corrected chi connectivity index (χ0v) is 11.5. The Bertz CT molecular complexity index is 579. The van der Waals surface area contributed by atoms with Gasteiger partial charge in [0.1, 0.15) is 17.3 Å². The van der Waals surface area contributed by atoms with E-state index in [0.29, 0.717) is 5.56 Å². The molecule has 0 aliphatic rings. The molecule has 0 saturated carbocycles. The van der Waals surface area contributed by atoms with Crippen LogP contribution in [0.5, 0.6) is 11.5 Å². The van der Waals surface area contributed by atoms with Crippen LogP contribution >= 0.6 is 15.9 Å². The Morgan fingerprint density at radius 2 is 1.83 bits per heavy atom. The Morgan fingerprint density at radius 1 is 1.17 bits per heavy atom. The van der Waals surface area contributed by atoms with E-state index < -0.39 is 0 Å². The van der Waals surface area contributed by atoms with Crippen LogP contribution in [0.2, 0.25) is 0 Å². The zero-order valence-electron chi connectivity index (χ0n) is 9.91. The highest BCUT2D eigenvalue weighted by Crippen LogP contribution is 2.26. The molecule has 0 unspecified atom stereocenters. The molecule has 4 heteroatoms. The predicted octanol–water partition coefficient (Wildman–Crippen LogP) is 3.83. The molecule has 0 aliphatic heterocycles. The summed E-state index contributed by atoms with van der Waals surface area (Å²) < 4.78 is 6.78. The van der Waals surface area contributed by atoms with Gasteiger partial charge in [0.25, 0.3) is 0 Å². The van der Waals surface area contributed by atoms with E-state index in [1.807, 2.05) is 43.3 Å². The average molecular weight is 305 g/mol. The Kier molecular flexibility index (Phi) is 3.67. The first-order valence-corrected chi connectivity index (χ1v) is 6.24. The SMILES string of the molecule is Cc1cc(C(=N)N)ccc1Oc1ccc(Br)cc1. The van der Waals surface area contributed by atoms with Crippen LogP contribution in [0.15, 0.2) is 46.9 Å². The average Bonchev–Trinajstić information content (AvgIpc) is 2.34. The topological polar surface area (TPSA) is 59.1 Å². The molecule has 0 saturated heterocycles. The van der Waals surface area contributed by atoms with E-state index in [2.05, 4.69) is 15.9 Å². The molecule has 18 heavy (non-hydrogen) atoms. The molecule has 0 amide bonds. The number of hydrogen-bond donors (Lipinski definition) is 2. The summed E-state index contributed by atoms with van der Waals surface area (Å²) in [5.41, 5.74) is 7.09. The largest absolute Gasteiger partial charge is 0.457 e.